The minimum atomic E-state index is 0.139. The second-order valence-electron chi connectivity index (χ2n) is 5.14. The summed E-state index contributed by atoms with van der Waals surface area (Å²) in [7, 11) is 0. The van der Waals surface area contributed by atoms with E-state index >= 15 is 0 Å². The van der Waals surface area contributed by atoms with Gasteiger partial charge in [0.05, 0.1) is 0 Å². The lowest BCUT2D eigenvalue weighted by Gasteiger charge is -2.36. The third-order valence-corrected chi connectivity index (χ3v) is 3.30. The smallest absolute Gasteiger partial charge is 0.0499 e. The molecule has 2 heteroatoms. The van der Waals surface area contributed by atoms with E-state index in [0.717, 1.165) is 6.54 Å². The summed E-state index contributed by atoms with van der Waals surface area (Å²) in [6, 6.07) is 9.69. The summed E-state index contributed by atoms with van der Waals surface area (Å²) in [4.78, 5) is 2.45. The minimum Gasteiger partial charge on any atom is -0.326 e. The molecule has 2 atom stereocenters. The van der Waals surface area contributed by atoms with Gasteiger partial charge in [0.2, 0.25) is 0 Å². The van der Waals surface area contributed by atoms with Gasteiger partial charge in [0.25, 0.3) is 0 Å². The maximum Gasteiger partial charge on any atom is 0.0499 e. The summed E-state index contributed by atoms with van der Waals surface area (Å²) in [5.74, 6) is 0. The number of nitrogens with zero attached hydrogens (tertiary/aromatic N) is 1. The number of hydrogen-bond acceptors (Lipinski definition) is 2. The molecule has 1 aromatic rings. The predicted octanol–water partition coefficient (Wildman–Crippen LogP) is 3.11. The third-order valence-electron chi connectivity index (χ3n) is 3.30. The van der Waals surface area contributed by atoms with Crippen LogP contribution in [0.3, 0.4) is 0 Å². The zero-order chi connectivity index (χ0) is 13.0. The SMILES string of the molecule is CCN(C(C)C)C(c1ccc(C)cc1)C(C)N. The van der Waals surface area contributed by atoms with Crippen LogP contribution in [0.2, 0.25) is 0 Å². The molecule has 1 rings (SSSR count). The van der Waals surface area contributed by atoms with E-state index in [1.54, 1.807) is 0 Å². The molecular formula is C15H26N2. The first-order valence-electron chi connectivity index (χ1n) is 6.55. The Kier molecular flexibility index (Phi) is 5.16. The summed E-state index contributed by atoms with van der Waals surface area (Å²) >= 11 is 0. The Morgan fingerprint density at radius 3 is 2.00 bits per heavy atom. The van der Waals surface area contributed by atoms with Crippen molar-refractivity contribution >= 4 is 0 Å². The molecule has 0 spiro atoms. The van der Waals surface area contributed by atoms with Crippen LogP contribution < -0.4 is 5.73 Å². The first kappa shape index (κ1) is 14.2. The third kappa shape index (κ3) is 3.55. The lowest BCUT2D eigenvalue weighted by molar-refractivity contribution is 0.144. The number of nitrogens with two attached hydrogens (primary N) is 1. The van der Waals surface area contributed by atoms with Gasteiger partial charge in [-0.3, -0.25) is 4.90 Å². The van der Waals surface area contributed by atoms with Crippen molar-refractivity contribution in [3.8, 4) is 0 Å². The van der Waals surface area contributed by atoms with Crippen LogP contribution >= 0.6 is 0 Å². The topological polar surface area (TPSA) is 29.3 Å². The van der Waals surface area contributed by atoms with Gasteiger partial charge in [-0.2, -0.15) is 0 Å². The van der Waals surface area contributed by atoms with Gasteiger partial charge in [0.1, 0.15) is 0 Å². The Bertz CT molecular complexity index is 327. The fourth-order valence-corrected chi connectivity index (χ4v) is 2.44. The van der Waals surface area contributed by atoms with E-state index in [4.69, 9.17) is 5.73 Å². The molecule has 0 fully saturated rings. The van der Waals surface area contributed by atoms with E-state index in [2.05, 4.69) is 63.8 Å². The summed E-state index contributed by atoms with van der Waals surface area (Å²) < 4.78 is 0. The van der Waals surface area contributed by atoms with Gasteiger partial charge >= 0.3 is 0 Å². The molecule has 2 N–H and O–H groups in total. The summed E-state index contributed by atoms with van der Waals surface area (Å²) in [5, 5.41) is 0. The van der Waals surface area contributed by atoms with Crippen LogP contribution in [0.1, 0.15) is 44.9 Å². The van der Waals surface area contributed by atoms with Crippen molar-refractivity contribution in [3.63, 3.8) is 0 Å². The highest BCUT2D eigenvalue weighted by Gasteiger charge is 2.24. The molecular weight excluding hydrogens is 208 g/mol. The van der Waals surface area contributed by atoms with Crippen LogP contribution in [-0.4, -0.2) is 23.5 Å². The monoisotopic (exact) mass is 234 g/mol. The predicted molar refractivity (Wildman–Crippen MR) is 75.1 cm³/mol. The molecule has 2 unspecified atom stereocenters. The average molecular weight is 234 g/mol. The molecule has 0 bridgehead atoms. The number of aryl methyl sites for hydroxylation is 1. The van der Waals surface area contributed by atoms with Crippen LogP contribution in [-0.2, 0) is 0 Å². The highest BCUT2D eigenvalue weighted by Crippen LogP contribution is 2.25. The largest absolute Gasteiger partial charge is 0.326 e. The molecule has 0 amide bonds. The fourth-order valence-electron chi connectivity index (χ4n) is 2.44. The molecule has 0 aliphatic heterocycles. The average Bonchev–Trinajstić information content (AvgIpc) is 2.26. The number of likely N-dealkylation sites (N-methyl/N-ethyl adjacent to an activating group) is 1. The maximum atomic E-state index is 6.18. The molecule has 0 radical (unpaired) electrons. The second kappa shape index (κ2) is 6.18. The van der Waals surface area contributed by atoms with Crippen molar-refractivity contribution < 1.29 is 0 Å². The fraction of sp³-hybridized carbons (Fsp3) is 0.600. The highest BCUT2D eigenvalue weighted by atomic mass is 15.2. The van der Waals surface area contributed by atoms with Crippen molar-refractivity contribution in [1.29, 1.82) is 0 Å². The van der Waals surface area contributed by atoms with Crippen LogP contribution in [0, 0.1) is 6.92 Å². The molecule has 0 aliphatic rings. The van der Waals surface area contributed by atoms with E-state index in [-0.39, 0.29) is 6.04 Å². The van der Waals surface area contributed by atoms with E-state index in [0.29, 0.717) is 12.1 Å². The molecule has 1 aromatic carbocycles. The molecule has 0 saturated heterocycles. The van der Waals surface area contributed by atoms with Crippen molar-refractivity contribution in [2.24, 2.45) is 5.73 Å². The Morgan fingerprint density at radius 1 is 1.12 bits per heavy atom. The summed E-state index contributed by atoms with van der Waals surface area (Å²) in [5.41, 5.74) is 8.80. The summed E-state index contributed by atoms with van der Waals surface area (Å²) in [6.45, 7) is 11.9. The molecule has 0 aliphatic carbocycles. The molecule has 2 nitrogen and oxygen atoms in total. The van der Waals surface area contributed by atoms with Gasteiger partial charge in [0, 0.05) is 18.1 Å². The van der Waals surface area contributed by atoms with Gasteiger partial charge < -0.3 is 5.73 Å². The quantitative estimate of drug-likeness (QED) is 0.848. The normalized spacial score (nSPS) is 15.3. The maximum absolute atomic E-state index is 6.18. The standard InChI is InChI=1S/C15H26N2/c1-6-17(11(2)3)15(13(5)16)14-9-7-12(4)8-10-14/h7-11,13,15H,6,16H2,1-5H3. The first-order chi connectivity index (χ1) is 7.97. The van der Waals surface area contributed by atoms with Crippen molar-refractivity contribution in [2.45, 2.75) is 52.7 Å². The number of hydrogen-bond donors (Lipinski definition) is 1. The van der Waals surface area contributed by atoms with Gasteiger partial charge in [-0.05, 0) is 39.8 Å². The molecule has 0 saturated carbocycles. The van der Waals surface area contributed by atoms with E-state index in [1.165, 1.54) is 11.1 Å². The van der Waals surface area contributed by atoms with Crippen LogP contribution in [0.25, 0.3) is 0 Å². The van der Waals surface area contributed by atoms with Crippen molar-refractivity contribution in [3.05, 3.63) is 35.4 Å². The Hall–Kier alpha value is -0.860. The van der Waals surface area contributed by atoms with Crippen molar-refractivity contribution in [2.75, 3.05) is 6.54 Å². The Balaban J connectivity index is 3.03. The van der Waals surface area contributed by atoms with E-state index in [9.17, 15) is 0 Å². The Morgan fingerprint density at radius 2 is 1.65 bits per heavy atom. The van der Waals surface area contributed by atoms with Gasteiger partial charge in [-0.25, -0.2) is 0 Å². The zero-order valence-corrected chi connectivity index (χ0v) is 11.8. The van der Waals surface area contributed by atoms with Crippen molar-refractivity contribution in [1.82, 2.24) is 4.90 Å². The van der Waals surface area contributed by atoms with Crippen LogP contribution in [0.15, 0.2) is 24.3 Å². The molecule has 0 heterocycles. The number of rotatable bonds is 5. The van der Waals surface area contributed by atoms with Crippen LogP contribution in [0.4, 0.5) is 0 Å². The van der Waals surface area contributed by atoms with Gasteiger partial charge in [0.15, 0.2) is 0 Å². The Labute approximate surface area is 106 Å². The highest BCUT2D eigenvalue weighted by molar-refractivity contribution is 5.25. The van der Waals surface area contributed by atoms with E-state index < -0.39 is 0 Å². The van der Waals surface area contributed by atoms with E-state index in [1.807, 2.05) is 0 Å². The van der Waals surface area contributed by atoms with Crippen LogP contribution in [0.5, 0.6) is 0 Å². The molecule has 17 heavy (non-hydrogen) atoms. The summed E-state index contributed by atoms with van der Waals surface area (Å²) in [6.07, 6.45) is 0. The minimum absolute atomic E-state index is 0.139. The lowest BCUT2D eigenvalue weighted by atomic mass is 9.97. The second-order valence-corrected chi connectivity index (χ2v) is 5.14. The van der Waals surface area contributed by atoms with Gasteiger partial charge in [-0.1, -0.05) is 36.8 Å². The lowest BCUT2D eigenvalue weighted by Crippen LogP contribution is -2.43. The van der Waals surface area contributed by atoms with Gasteiger partial charge in [-0.15, -0.1) is 0 Å². The zero-order valence-electron chi connectivity index (χ0n) is 11.8. The molecule has 0 aromatic heterocycles. The number of benzene rings is 1. The molecule has 96 valence electrons. The first-order valence-corrected chi connectivity index (χ1v) is 6.55.